The van der Waals surface area contributed by atoms with Gasteiger partial charge >= 0.3 is 5.69 Å². The minimum absolute atomic E-state index is 0.0915. The van der Waals surface area contributed by atoms with Crippen molar-refractivity contribution in [2.24, 2.45) is 5.92 Å². The molecule has 3 N–H and O–H groups in total. The summed E-state index contributed by atoms with van der Waals surface area (Å²) in [5.74, 6) is 0.272. The molecule has 6 nitrogen and oxygen atoms in total. The van der Waals surface area contributed by atoms with Crippen LogP contribution in [0.25, 0.3) is 0 Å². The summed E-state index contributed by atoms with van der Waals surface area (Å²) in [5, 5.41) is 2.88. The second kappa shape index (κ2) is 6.36. The maximum Gasteiger partial charge on any atom is 0.325 e. The van der Waals surface area contributed by atoms with E-state index in [1.165, 1.54) is 0 Å². The maximum atomic E-state index is 11.7. The maximum absolute atomic E-state index is 11.7. The van der Waals surface area contributed by atoms with Gasteiger partial charge in [0.25, 0.3) is 5.56 Å². The summed E-state index contributed by atoms with van der Waals surface area (Å²) in [7, 11) is 0. The van der Waals surface area contributed by atoms with Gasteiger partial charge in [-0.2, -0.15) is 0 Å². The van der Waals surface area contributed by atoms with Gasteiger partial charge in [-0.1, -0.05) is 13.8 Å². The van der Waals surface area contributed by atoms with Crippen LogP contribution in [0.2, 0.25) is 0 Å². The number of H-pyrrole nitrogens is 2. The van der Waals surface area contributed by atoms with Gasteiger partial charge in [0, 0.05) is 23.7 Å². The van der Waals surface area contributed by atoms with E-state index < -0.39 is 11.2 Å². The molecule has 1 atom stereocenters. The third kappa shape index (κ3) is 4.39. The van der Waals surface area contributed by atoms with Crippen LogP contribution in [0.5, 0.6) is 0 Å². The van der Waals surface area contributed by atoms with Gasteiger partial charge in [0.1, 0.15) is 0 Å². The Balaban J connectivity index is 2.66. The molecule has 0 aliphatic carbocycles. The Hall–Kier alpha value is -1.85. The molecule has 1 aromatic rings. The molecule has 6 heteroatoms. The minimum Gasteiger partial charge on any atom is -0.353 e. The van der Waals surface area contributed by atoms with Crippen molar-refractivity contribution >= 4 is 5.91 Å². The summed E-state index contributed by atoms with van der Waals surface area (Å²) in [5.41, 5.74) is 0.0143. The summed E-state index contributed by atoms with van der Waals surface area (Å²) < 4.78 is 0. The first-order chi connectivity index (χ1) is 8.81. The predicted octanol–water partition coefficient (Wildman–Crippen LogP) is 0.465. The molecule has 0 spiro atoms. The summed E-state index contributed by atoms with van der Waals surface area (Å²) in [6, 6.07) is 0.0995. The van der Waals surface area contributed by atoms with Crippen molar-refractivity contribution in [1.82, 2.24) is 15.3 Å². The van der Waals surface area contributed by atoms with Crippen LogP contribution in [0.4, 0.5) is 0 Å². The molecule has 0 bridgehead atoms. The predicted molar refractivity (Wildman–Crippen MR) is 73.2 cm³/mol. The van der Waals surface area contributed by atoms with Crippen LogP contribution in [-0.2, 0) is 11.2 Å². The van der Waals surface area contributed by atoms with Crippen LogP contribution in [0.15, 0.2) is 9.59 Å². The monoisotopic (exact) mass is 267 g/mol. The van der Waals surface area contributed by atoms with Gasteiger partial charge in [-0.25, -0.2) is 4.79 Å². The molecule has 0 saturated carbocycles. The summed E-state index contributed by atoms with van der Waals surface area (Å²) in [4.78, 5) is 39.0. The molecule has 1 amide bonds. The summed E-state index contributed by atoms with van der Waals surface area (Å²) >= 11 is 0. The fourth-order valence-electron chi connectivity index (χ4n) is 1.66. The quantitative estimate of drug-likeness (QED) is 0.723. The molecule has 0 aromatic carbocycles. The highest BCUT2D eigenvalue weighted by Crippen LogP contribution is 2.03. The van der Waals surface area contributed by atoms with E-state index in [0.29, 0.717) is 23.6 Å². The normalized spacial score (nSPS) is 12.5. The van der Waals surface area contributed by atoms with Gasteiger partial charge in [-0.3, -0.25) is 14.6 Å². The molecular formula is C13H21N3O3. The SMILES string of the molecule is Cc1[nH]c(=O)[nH]c(=O)c1CCC(=O)N[C@H](C)C(C)C. The first-order valence-corrected chi connectivity index (χ1v) is 6.42. The van der Waals surface area contributed by atoms with Crippen molar-refractivity contribution in [3.63, 3.8) is 0 Å². The topological polar surface area (TPSA) is 94.8 Å². The zero-order chi connectivity index (χ0) is 14.6. The second-order valence-corrected chi connectivity index (χ2v) is 5.11. The van der Waals surface area contributed by atoms with Crippen molar-refractivity contribution in [1.29, 1.82) is 0 Å². The number of nitrogens with one attached hydrogen (secondary N) is 3. The Bertz CT molecular complexity index is 557. The largest absolute Gasteiger partial charge is 0.353 e. The van der Waals surface area contributed by atoms with Gasteiger partial charge in [0.05, 0.1) is 0 Å². The molecule has 1 rings (SSSR count). The van der Waals surface area contributed by atoms with E-state index in [0.717, 1.165) is 0 Å². The van der Waals surface area contributed by atoms with Crippen LogP contribution < -0.4 is 16.6 Å². The number of aryl methyl sites for hydroxylation is 1. The lowest BCUT2D eigenvalue weighted by Gasteiger charge is -2.17. The van der Waals surface area contributed by atoms with Crippen molar-refractivity contribution < 1.29 is 4.79 Å². The Morgan fingerprint density at radius 1 is 1.21 bits per heavy atom. The molecule has 0 fully saturated rings. The highest BCUT2D eigenvalue weighted by molar-refractivity contribution is 5.76. The van der Waals surface area contributed by atoms with Crippen LogP contribution >= 0.6 is 0 Å². The Morgan fingerprint density at radius 2 is 1.84 bits per heavy atom. The number of hydrogen-bond acceptors (Lipinski definition) is 3. The molecule has 1 aromatic heterocycles. The highest BCUT2D eigenvalue weighted by atomic mass is 16.2. The average molecular weight is 267 g/mol. The van der Waals surface area contributed by atoms with Gasteiger partial charge in [-0.15, -0.1) is 0 Å². The Labute approximate surface area is 111 Å². The van der Waals surface area contributed by atoms with Crippen molar-refractivity contribution in [2.75, 3.05) is 0 Å². The van der Waals surface area contributed by atoms with E-state index >= 15 is 0 Å². The Kier molecular flexibility index (Phi) is 5.09. The molecule has 19 heavy (non-hydrogen) atoms. The van der Waals surface area contributed by atoms with Crippen molar-refractivity contribution in [2.45, 2.75) is 46.6 Å². The Morgan fingerprint density at radius 3 is 2.37 bits per heavy atom. The lowest BCUT2D eigenvalue weighted by Crippen LogP contribution is -2.36. The molecule has 0 saturated heterocycles. The van der Waals surface area contributed by atoms with Crippen LogP contribution in [0, 0.1) is 12.8 Å². The number of aromatic amines is 2. The third-order valence-electron chi connectivity index (χ3n) is 3.25. The second-order valence-electron chi connectivity index (χ2n) is 5.11. The van der Waals surface area contributed by atoms with E-state index in [9.17, 15) is 14.4 Å². The molecule has 1 heterocycles. The smallest absolute Gasteiger partial charge is 0.325 e. The number of aromatic nitrogens is 2. The molecule has 0 aliphatic rings. The van der Waals surface area contributed by atoms with E-state index in [2.05, 4.69) is 15.3 Å². The van der Waals surface area contributed by atoms with Crippen molar-refractivity contribution in [3.8, 4) is 0 Å². The zero-order valence-corrected chi connectivity index (χ0v) is 11.8. The van der Waals surface area contributed by atoms with Crippen LogP contribution in [-0.4, -0.2) is 21.9 Å². The van der Waals surface area contributed by atoms with Crippen LogP contribution in [0.1, 0.15) is 38.4 Å². The highest BCUT2D eigenvalue weighted by Gasteiger charge is 2.12. The summed E-state index contributed by atoms with van der Waals surface area (Å²) in [6.45, 7) is 7.66. The average Bonchev–Trinajstić information content (AvgIpc) is 2.27. The minimum atomic E-state index is -0.524. The number of rotatable bonds is 5. The van der Waals surface area contributed by atoms with E-state index in [4.69, 9.17) is 0 Å². The molecule has 0 unspecified atom stereocenters. The number of amides is 1. The lowest BCUT2D eigenvalue weighted by atomic mass is 10.1. The van der Waals surface area contributed by atoms with Gasteiger partial charge in [-0.05, 0) is 26.2 Å². The van der Waals surface area contributed by atoms with Gasteiger partial charge in [0.15, 0.2) is 0 Å². The van der Waals surface area contributed by atoms with E-state index in [-0.39, 0.29) is 18.4 Å². The van der Waals surface area contributed by atoms with Crippen LogP contribution in [0.3, 0.4) is 0 Å². The lowest BCUT2D eigenvalue weighted by molar-refractivity contribution is -0.121. The fraction of sp³-hybridized carbons (Fsp3) is 0.615. The molecular weight excluding hydrogens is 246 g/mol. The number of hydrogen-bond donors (Lipinski definition) is 3. The standard InChI is InChI=1S/C13H21N3O3/c1-7(2)8(3)14-11(17)6-5-10-9(4)15-13(19)16-12(10)18/h7-8H,5-6H2,1-4H3,(H,14,17)(H2,15,16,18,19)/t8-/m1/s1. The molecule has 0 radical (unpaired) electrons. The van der Waals surface area contributed by atoms with Gasteiger partial charge < -0.3 is 10.3 Å². The summed E-state index contributed by atoms with van der Waals surface area (Å²) in [6.07, 6.45) is 0.543. The molecule has 0 aliphatic heterocycles. The number of carbonyl (C=O) groups is 1. The molecule has 106 valence electrons. The first kappa shape index (κ1) is 15.2. The van der Waals surface area contributed by atoms with E-state index in [1.54, 1.807) is 6.92 Å². The van der Waals surface area contributed by atoms with Crippen molar-refractivity contribution in [3.05, 3.63) is 32.1 Å². The van der Waals surface area contributed by atoms with Gasteiger partial charge in [0.2, 0.25) is 5.91 Å². The van der Waals surface area contributed by atoms with E-state index in [1.807, 2.05) is 20.8 Å². The number of carbonyl (C=O) groups excluding carboxylic acids is 1. The third-order valence-corrected chi connectivity index (χ3v) is 3.25. The zero-order valence-electron chi connectivity index (χ0n) is 11.8. The first-order valence-electron chi connectivity index (χ1n) is 6.42. The fourth-order valence-corrected chi connectivity index (χ4v) is 1.66.